The largest absolute Gasteiger partial charge is 0.480 e. The molecule has 0 saturated carbocycles. The number of unbranched alkanes of at least 4 members (excludes halogenated alkanes) is 9. The molecule has 0 fully saturated rings. The summed E-state index contributed by atoms with van der Waals surface area (Å²) in [5, 5.41) is 9.11. The number of carboxylic acids is 1. The summed E-state index contributed by atoms with van der Waals surface area (Å²) in [5.41, 5.74) is 0. The Morgan fingerprint density at radius 2 is 1.50 bits per heavy atom. The summed E-state index contributed by atoms with van der Waals surface area (Å²) in [5.74, 6) is -0.737. The monoisotopic (exact) mass is 513 g/mol. The van der Waals surface area contributed by atoms with Crippen LogP contribution in [0.2, 0.25) is 10.0 Å². The van der Waals surface area contributed by atoms with Crippen LogP contribution in [0.1, 0.15) is 84.0 Å². The molecule has 0 unspecified atom stereocenters. The standard InChI is InChI=1S/C20H39N.C8H6Cl2O3/c1-4-5-6-7-8-9-10-11-12-13-14-15-16-17-18-19-20-21(2)3;9-5-1-2-7(6(10)3-5)13-4-8(11)12/h8-9,11-12H,4-7,10,13-20H2,1-3H3;1-3H,4H2,(H,11,12)/b9-8-,12-11-;. The second-order valence-electron chi connectivity index (χ2n) is 8.64. The van der Waals surface area contributed by atoms with E-state index in [2.05, 4.69) is 50.2 Å². The van der Waals surface area contributed by atoms with Crippen molar-refractivity contribution in [1.29, 1.82) is 0 Å². The van der Waals surface area contributed by atoms with Gasteiger partial charge in [0, 0.05) is 5.02 Å². The highest BCUT2D eigenvalue weighted by atomic mass is 35.5. The summed E-state index contributed by atoms with van der Waals surface area (Å²) >= 11 is 11.3. The van der Waals surface area contributed by atoms with E-state index in [-0.39, 0.29) is 0 Å². The summed E-state index contributed by atoms with van der Waals surface area (Å²) in [6.07, 6.45) is 25.4. The minimum Gasteiger partial charge on any atom is -0.480 e. The molecule has 0 bridgehead atoms. The van der Waals surface area contributed by atoms with E-state index in [4.69, 9.17) is 33.0 Å². The molecule has 0 aromatic heterocycles. The summed E-state index contributed by atoms with van der Waals surface area (Å²) < 4.78 is 4.86. The Balaban J connectivity index is 0.000000712. The maximum absolute atomic E-state index is 10.2. The van der Waals surface area contributed by atoms with E-state index in [9.17, 15) is 4.79 Å². The van der Waals surface area contributed by atoms with Crippen molar-refractivity contribution in [3.05, 3.63) is 52.5 Å². The van der Waals surface area contributed by atoms with Crippen LogP contribution in [0.15, 0.2) is 42.5 Å². The van der Waals surface area contributed by atoms with Crippen molar-refractivity contribution in [2.24, 2.45) is 0 Å². The Bertz CT molecular complexity index is 690. The van der Waals surface area contributed by atoms with Crippen molar-refractivity contribution >= 4 is 29.2 Å². The Morgan fingerprint density at radius 1 is 0.912 bits per heavy atom. The third-order valence-electron chi connectivity index (χ3n) is 5.05. The minimum atomic E-state index is -1.05. The maximum Gasteiger partial charge on any atom is 0.341 e. The number of carbonyl (C=O) groups is 1. The van der Waals surface area contributed by atoms with Crippen LogP contribution in [-0.2, 0) is 4.79 Å². The van der Waals surface area contributed by atoms with E-state index in [1.54, 1.807) is 6.07 Å². The van der Waals surface area contributed by atoms with Crippen molar-refractivity contribution in [3.63, 3.8) is 0 Å². The molecule has 0 aliphatic rings. The van der Waals surface area contributed by atoms with E-state index >= 15 is 0 Å². The predicted molar refractivity (Wildman–Crippen MR) is 148 cm³/mol. The van der Waals surface area contributed by atoms with Gasteiger partial charge in [-0.05, 0) is 77.4 Å². The molecule has 4 nitrogen and oxygen atoms in total. The lowest BCUT2D eigenvalue weighted by molar-refractivity contribution is -0.139. The smallest absolute Gasteiger partial charge is 0.341 e. The van der Waals surface area contributed by atoms with Crippen LogP contribution < -0.4 is 4.74 Å². The number of ether oxygens (including phenoxy) is 1. The van der Waals surface area contributed by atoms with Gasteiger partial charge in [0.15, 0.2) is 6.61 Å². The number of benzene rings is 1. The van der Waals surface area contributed by atoms with Crippen LogP contribution in [-0.4, -0.2) is 43.2 Å². The van der Waals surface area contributed by atoms with Gasteiger partial charge in [-0.15, -0.1) is 0 Å². The summed E-state index contributed by atoms with van der Waals surface area (Å²) in [7, 11) is 4.32. The molecule has 0 atom stereocenters. The van der Waals surface area contributed by atoms with Gasteiger partial charge in [-0.3, -0.25) is 0 Å². The number of hydrogen-bond acceptors (Lipinski definition) is 3. The SMILES string of the molecule is CCCCC/C=C\C/C=C\CCCCCCCCN(C)C.O=C(O)COc1ccc(Cl)cc1Cl. The molecule has 1 aromatic rings. The number of halogens is 2. The zero-order valence-electron chi connectivity index (χ0n) is 21.4. The third kappa shape index (κ3) is 22.3. The summed E-state index contributed by atoms with van der Waals surface area (Å²) in [6.45, 7) is 3.09. The first-order valence-electron chi connectivity index (χ1n) is 12.6. The lowest BCUT2D eigenvalue weighted by atomic mass is 10.1. The quantitative estimate of drug-likeness (QED) is 0.157. The number of carboxylic acid groups (broad SMARTS) is 1. The van der Waals surface area contributed by atoms with E-state index < -0.39 is 12.6 Å². The Labute approximate surface area is 218 Å². The summed E-state index contributed by atoms with van der Waals surface area (Å²) in [4.78, 5) is 12.4. The van der Waals surface area contributed by atoms with Crippen LogP contribution in [0.5, 0.6) is 5.75 Å². The van der Waals surface area contributed by atoms with Crippen molar-refractivity contribution in [2.45, 2.75) is 84.0 Å². The second-order valence-corrected chi connectivity index (χ2v) is 9.49. The van der Waals surface area contributed by atoms with Crippen LogP contribution in [0.3, 0.4) is 0 Å². The molecule has 1 rings (SSSR count). The van der Waals surface area contributed by atoms with Gasteiger partial charge in [-0.1, -0.05) is 93.0 Å². The second kappa shape index (κ2) is 23.3. The van der Waals surface area contributed by atoms with Gasteiger partial charge in [-0.25, -0.2) is 4.79 Å². The summed E-state index contributed by atoms with van der Waals surface area (Å²) in [6, 6.07) is 4.58. The highest BCUT2D eigenvalue weighted by Gasteiger charge is 2.04. The van der Waals surface area contributed by atoms with Crippen LogP contribution in [0.4, 0.5) is 0 Å². The highest BCUT2D eigenvalue weighted by molar-refractivity contribution is 6.35. The molecule has 6 heteroatoms. The number of nitrogens with zero attached hydrogens (tertiary/aromatic N) is 1. The molecule has 0 spiro atoms. The van der Waals surface area contributed by atoms with Crippen molar-refractivity contribution in [2.75, 3.05) is 27.2 Å². The minimum absolute atomic E-state index is 0.300. The zero-order chi connectivity index (χ0) is 25.4. The number of aliphatic carboxylic acids is 1. The zero-order valence-corrected chi connectivity index (χ0v) is 22.9. The van der Waals surface area contributed by atoms with E-state index in [0.717, 1.165) is 6.42 Å². The molecule has 0 heterocycles. The van der Waals surface area contributed by atoms with Crippen LogP contribution >= 0.6 is 23.2 Å². The average Bonchev–Trinajstić information content (AvgIpc) is 2.78. The molecular weight excluding hydrogens is 469 g/mol. The van der Waals surface area contributed by atoms with E-state index in [1.165, 1.54) is 89.3 Å². The third-order valence-corrected chi connectivity index (χ3v) is 5.58. The van der Waals surface area contributed by atoms with Crippen LogP contribution in [0.25, 0.3) is 0 Å². The van der Waals surface area contributed by atoms with Gasteiger partial charge in [0.25, 0.3) is 0 Å². The number of allylic oxidation sites excluding steroid dienone is 4. The molecule has 194 valence electrons. The fraction of sp³-hybridized carbons (Fsp3) is 0.607. The molecule has 0 radical (unpaired) electrons. The number of rotatable bonds is 18. The Hall–Kier alpha value is -1.49. The molecule has 0 aliphatic carbocycles. The number of hydrogen-bond donors (Lipinski definition) is 1. The fourth-order valence-corrected chi connectivity index (χ4v) is 3.61. The first-order valence-corrected chi connectivity index (χ1v) is 13.4. The van der Waals surface area contributed by atoms with Gasteiger partial charge in [0.2, 0.25) is 0 Å². The van der Waals surface area contributed by atoms with Gasteiger partial charge >= 0.3 is 5.97 Å². The maximum atomic E-state index is 10.2. The predicted octanol–water partition coefficient (Wildman–Crippen LogP) is 8.82. The topological polar surface area (TPSA) is 49.8 Å². The lowest BCUT2D eigenvalue weighted by Gasteiger charge is -2.08. The van der Waals surface area contributed by atoms with Crippen molar-refractivity contribution in [1.82, 2.24) is 4.90 Å². The highest BCUT2D eigenvalue weighted by Crippen LogP contribution is 2.27. The molecule has 0 aliphatic heterocycles. The fourth-order valence-electron chi connectivity index (χ4n) is 3.15. The molecule has 0 amide bonds. The van der Waals surface area contributed by atoms with Gasteiger partial charge in [-0.2, -0.15) is 0 Å². The van der Waals surface area contributed by atoms with Crippen LogP contribution in [0, 0.1) is 0 Å². The molecule has 34 heavy (non-hydrogen) atoms. The first kappa shape index (κ1) is 32.5. The lowest BCUT2D eigenvalue weighted by Crippen LogP contribution is -2.12. The first-order chi connectivity index (χ1) is 16.4. The normalized spacial score (nSPS) is 11.2. The van der Waals surface area contributed by atoms with Gasteiger partial charge in [0.05, 0.1) is 5.02 Å². The van der Waals surface area contributed by atoms with Gasteiger partial charge in [0.1, 0.15) is 5.75 Å². The van der Waals surface area contributed by atoms with Gasteiger partial charge < -0.3 is 14.7 Å². The Morgan fingerprint density at radius 3 is 2.06 bits per heavy atom. The van der Waals surface area contributed by atoms with E-state index in [1.807, 2.05) is 0 Å². The molecule has 1 N–H and O–H groups in total. The molecular formula is C28H45Cl2NO3. The van der Waals surface area contributed by atoms with E-state index in [0.29, 0.717) is 15.8 Å². The van der Waals surface area contributed by atoms with Crippen molar-refractivity contribution < 1.29 is 14.6 Å². The Kier molecular flexibility index (Phi) is 22.2. The molecule has 0 saturated heterocycles. The average molecular weight is 515 g/mol. The van der Waals surface area contributed by atoms with Crippen molar-refractivity contribution in [3.8, 4) is 5.75 Å². The molecule has 1 aromatic carbocycles.